The molecule has 8 heteroatoms. The van der Waals surface area contributed by atoms with Gasteiger partial charge in [-0.3, -0.25) is 5.32 Å². The van der Waals surface area contributed by atoms with E-state index >= 15 is 0 Å². The lowest BCUT2D eigenvalue weighted by Crippen LogP contribution is -2.28. The molecule has 0 unspecified atom stereocenters. The van der Waals surface area contributed by atoms with Crippen LogP contribution in [0.4, 0.5) is 15.6 Å². The summed E-state index contributed by atoms with van der Waals surface area (Å²) < 4.78 is 6.48. The van der Waals surface area contributed by atoms with Crippen LogP contribution in [0, 0.1) is 6.92 Å². The molecule has 0 fully saturated rings. The summed E-state index contributed by atoms with van der Waals surface area (Å²) in [6, 6.07) is 18.9. The number of benzene rings is 3. The quantitative estimate of drug-likeness (QED) is 0.316. The van der Waals surface area contributed by atoms with E-state index in [1.165, 1.54) is 0 Å². The number of carbonyl (C=O) groups is 1. The van der Waals surface area contributed by atoms with E-state index in [-0.39, 0.29) is 0 Å². The Balaban J connectivity index is 1.40. The summed E-state index contributed by atoms with van der Waals surface area (Å²) >= 11 is 7.65. The van der Waals surface area contributed by atoms with Gasteiger partial charge in [0.15, 0.2) is 5.13 Å². The average Bonchev–Trinajstić information content (AvgIpc) is 3.22. The predicted molar refractivity (Wildman–Crippen MR) is 143 cm³/mol. The predicted octanol–water partition coefficient (Wildman–Crippen LogP) is 6.53. The molecule has 1 aromatic heterocycles. The molecule has 6 nitrogen and oxygen atoms in total. The number of aromatic nitrogens is 1. The van der Waals surface area contributed by atoms with Crippen LogP contribution >= 0.6 is 22.9 Å². The second kappa shape index (κ2) is 10.4. The Morgan fingerprint density at radius 3 is 2.50 bits per heavy atom. The first-order valence-electron chi connectivity index (χ1n) is 10.9. The van der Waals surface area contributed by atoms with E-state index in [1.807, 2.05) is 62.5 Å². The fraction of sp³-hybridized carbons (Fsp3) is 0.231. The van der Waals surface area contributed by atoms with Crippen LogP contribution in [0.3, 0.4) is 0 Å². The molecular weight excluding hydrogens is 468 g/mol. The highest BCUT2D eigenvalue weighted by Crippen LogP contribution is 2.31. The van der Waals surface area contributed by atoms with Crippen LogP contribution in [0.5, 0.6) is 5.75 Å². The first-order valence-corrected chi connectivity index (χ1v) is 12.1. The third-order valence-electron chi connectivity index (χ3n) is 5.40. The molecule has 1 N–H and O–H groups in total. The van der Waals surface area contributed by atoms with Crippen molar-refractivity contribution in [3.05, 3.63) is 71.2 Å². The van der Waals surface area contributed by atoms with Crippen molar-refractivity contribution in [3.63, 3.8) is 0 Å². The zero-order valence-corrected chi connectivity index (χ0v) is 21.2. The number of ether oxygens (including phenoxy) is 1. The highest BCUT2D eigenvalue weighted by atomic mass is 35.5. The molecule has 1 amide bonds. The molecule has 4 rings (SSSR count). The van der Waals surface area contributed by atoms with Crippen LogP contribution in [-0.4, -0.2) is 50.2 Å². The first kappa shape index (κ1) is 24.0. The second-order valence-corrected chi connectivity index (χ2v) is 9.85. The van der Waals surface area contributed by atoms with Crippen LogP contribution in [-0.2, 0) is 0 Å². The van der Waals surface area contributed by atoms with Gasteiger partial charge in [-0.1, -0.05) is 41.1 Å². The fourth-order valence-electron chi connectivity index (χ4n) is 3.50. The number of thiazole rings is 1. The van der Waals surface area contributed by atoms with E-state index in [9.17, 15) is 4.79 Å². The third-order valence-corrected chi connectivity index (χ3v) is 6.76. The number of fused-ring (bicyclic) bond motifs is 1. The normalized spacial score (nSPS) is 11.1. The SMILES string of the molecule is Cc1cc(Cl)ccc1-c1ccc(OC(=O)Nc2ccc3nc(N(C)CCN(C)C)sc3c2)cc1. The summed E-state index contributed by atoms with van der Waals surface area (Å²) in [6.07, 6.45) is -0.539. The maximum Gasteiger partial charge on any atom is 0.417 e. The maximum atomic E-state index is 12.5. The lowest BCUT2D eigenvalue weighted by Gasteiger charge is -2.18. The van der Waals surface area contributed by atoms with Crippen LogP contribution in [0.1, 0.15) is 5.56 Å². The summed E-state index contributed by atoms with van der Waals surface area (Å²) in [7, 11) is 6.15. The molecule has 3 aromatic carbocycles. The Bertz CT molecular complexity index is 1300. The molecule has 0 atom stereocenters. The lowest BCUT2D eigenvalue weighted by molar-refractivity contribution is 0.215. The van der Waals surface area contributed by atoms with Gasteiger partial charge >= 0.3 is 6.09 Å². The summed E-state index contributed by atoms with van der Waals surface area (Å²) in [5, 5.41) is 4.47. The van der Waals surface area contributed by atoms with E-state index in [4.69, 9.17) is 21.3 Å². The van der Waals surface area contributed by atoms with Gasteiger partial charge in [0.1, 0.15) is 5.75 Å². The average molecular weight is 495 g/mol. The van der Waals surface area contributed by atoms with Crippen molar-refractivity contribution in [1.29, 1.82) is 0 Å². The standard InChI is InChI=1S/C26H27ClN4O2S/c1-17-15-19(27)7-11-22(17)18-5-9-21(10-6-18)33-26(32)28-20-8-12-23-24(16-20)34-25(29-23)31(4)14-13-30(2)3/h5-12,15-16H,13-14H2,1-4H3,(H,28,32). The third kappa shape index (κ3) is 5.86. The number of aryl methyl sites for hydroxylation is 1. The molecule has 0 spiro atoms. The van der Waals surface area contributed by atoms with Gasteiger partial charge in [0, 0.05) is 30.8 Å². The Hall–Kier alpha value is -3.13. The summed E-state index contributed by atoms with van der Waals surface area (Å²) in [4.78, 5) is 21.4. The molecule has 0 aliphatic rings. The molecule has 0 aliphatic heterocycles. The van der Waals surface area contributed by atoms with Gasteiger partial charge in [0.25, 0.3) is 0 Å². The van der Waals surface area contributed by atoms with Crippen molar-refractivity contribution >= 4 is 50.1 Å². The summed E-state index contributed by atoms with van der Waals surface area (Å²) in [6.45, 7) is 3.86. The van der Waals surface area contributed by atoms with Crippen LogP contribution in [0.15, 0.2) is 60.7 Å². The largest absolute Gasteiger partial charge is 0.417 e. The highest BCUT2D eigenvalue weighted by Gasteiger charge is 2.11. The van der Waals surface area contributed by atoms with Crippen LogP contribution in [0.25, 0.3) is 21.3 Å². The zero-order valence-electron chi connectivity index (χ0n) is 19.6. The zero-order chi connectivity index (χ0) is 24.2. The van der Waals surface area contributed by atoms with Crippen molar-refractivity contribution < 1.29 is 9.53 Å². The van der Waals surface area contributed by atoms with Gasteiger partial charge < -0.3 is 14.5 Å². The Morgan fingerprint density at radius 2 is 1.79 bits per heavy atom. The Kier molecular flexibility index (Phi) is 7.36. The minimum atomic E-state index is -0.539. The molecule has 0 bridgehead atoms. The van der Waals surface area contributed by atoms with Crippen molar-refractivity contribution in [2.75, 3.05) is 44.4 Å². The maximum absolute atomic E-state index is 12.5. The molecule has 0 saturated heterocycles. The van der Waals surface area contributed by atoms with Crippen molar-refractivity contribution in [2.45, 2.75) is 6.92 Å². The molecule has 34 heavy (non-hydrogen) atoms. The molecule has 1 heterocycles. The summed E-state index contributed by atoms with van der Waals surface area (Å²) in [5.41, 5.74) is 4.78. The van der Waals surface area contributed by atoms with E-state index in [2.05, 4.69) is 29.2 Å². The molecule has 0 saturated carbocycles. The van der Waals surface area contributed by atoms with Gasteiger partial charge in [-0.2, -0.15) is 0 Å². The highest BCUT2D eigenvalue weighted by molar-refractivity contribution is 7.22. The van der Waals surface area contributed by atoms with Gasteiger partial charge in [0.2, 0.25) is 0 Å². The number of nitrogens with zero attached hydrogens (tertiary/aromatic N) is 3. The number of anilines is 2. The van der Waals surface area contributed by atoms with Gasteiger partial charge in [-0.05, 0) is 80.2 Å². The second-order valence-electron chi connectivity index (χ2n) is 8.40. The number of halogens is 1. The molecule has 4 aromatic rings. The number of amides is 1. The minimum absolute atomic E-state index is 0.469. The number of hydrogen-bond donors (Lipinski definition) is 1. The monoisotopic (exact) mass is 494 g/mol. The minimum Gasteiger partial charge on any atom is -0.410 e. The number of nitrogens with one attached hydrogen (secondary N) is 1. The van der Waals surface area contributed by atoms with E-state index in [0.717, 1.165) is 45.1 Å². The van der Waals surface area contributed by atoms with E-state index < -0.39 is 6.09 Å². The van der Waals surface area contributed by atoms with Crippen LogP contribution in [0.2, 0.25) is 5.02 Å². The van der Waals surface area contributed by atoms with Crippen molar-refractivity contribution in [2.24, 2.45) is 0 Å². The molecule has 176 valence electrons. The number of rotatable bonds is 7. The number of likely N-dealkylation sites (N-methyl/N-ethyl adjacent to an activating group) is 2. The number of hydrogen-bond acceptors (Lipinski definition) is 6. The molecule has 0 radical (unpaired) electrons. The Morgan fingerprint density at radius 1 is 1.03 bits per heavy atom. The van der Waals surface area contributed by atoms with Crippen LogP contribution < -0.4 is 15.0 Å². The topological polar surface area (TPSA) is 57.7 Å². The molecule has 0 aliphatic carbocycles. The van der Waals surface area contributed by atoms with E-state index in [1.54, 1.807) is 23.5 Å². The molecular formula is C26H27ClN4O2S. The fourth-order valence-corrected chi connectivity index (χ4v) is 4.72. The van der Waals surface area contributed by atoms with Gasteiger partial charge in [-0.25, -0.2) is 9.78 Å². The lowest BCUT2D eigenvalue weighted by atomic mass is 10.0. The number of carbonyl (C=O) groups excluding carboxylic acids is 1. The van der Waals surface area contributed by atoms with Gasteiger partial charge in [-0.15, -0.1) is 0 Å². The smallest absolute Gasteiger partial charge is 0.410 e. The Labute approximate surface area is 208 Å². The van der Waals surface area contributed by atoms with Crippen molar-refractivity contribution in [3.8, 4) is 16.9 Å². The summed E-state index contributed by atoms with van der Waals surface area (Å²) in [5.74, 6) is 0.469. The van der Waals surface area contributed by atoms with E-state index in [0.29, 0.717) is 16.5 Å². The first-order chi connectivity index (χ1) is 16.3. The van der Waals surface area contributed by atoms with Crippen molar-refractivity contribution in [1.82, 2.24) is 9.88 Å². The van der Waals surface area contributed by atoms with Gasteiger partial charge in [0.05, 0.1) is 10.2 Å².